The molecule has 4 aliphatic rings. The van der Waals surface area contributed by atoms with E-state index < -0.39 is 29.2 Å². The van der Waals surface area contributed by atoms with Crippen molar-refractivity contribution in [3.63, 3.8) is 0 Å². The molecule has 1 aromatic heterocycles. The van der Waals surface area contributed by atoms with Gasteiger partial charge in [0.25, 0.3) is 5.91 Å². The molecule has 3 aliphatic heterocycles. The zero-order chi connectivity index (χ0) is 31.7. The maximum absolute atomic E-state index is 16.3. The summed E-state index contributed by atoms with van der Waals surface area (Å²) in [5.41, 5.74) is -0.254. The van der Waals surface area contributed by atoms with Gasteiger partial charge in [0.15, 0.2) is 12.0 Å². The molecular formula is C33H38F4N6O2. The van der Waals surface area contributed by atoms with Crippen LogP contribution in [0.4, 0.5) is 23.2 Å². The molecule has 240 valence electrons. The second-order valence-electron chi connectivity index (χ2n) is 13.5. The Morgan fingerprint density at radius 1 is 1.11 bits per heavy atom. The summed E-state index contributed by atoms with van der Waals surface area (Å²) in [5, 5.41) is 8.05. The van der Waals surface area contributed by atoms with Crippen molar-refractivity contribution in [2.75, 3.05) is 44.8 Å². The van der Waals surface area contributed by atoms with Crippen LogP contribution in [0.15, 0.2) is 42.7 Å². The topological polar surface area (TPSA) is 66.7 Å². The maximum atomic E-state index is 16.3. The van der Waals surface area contributed by atoms with Crippen LogP contribution in [0.3, 0.4) is 0 Å². The molecule has 7 rings (SSSR count). The first-order chi connectivity index (χ1) is 21.5. The van der Waals surface area contributed by atoms with Crippen molar-refractivity contribution in [3.8, 4) is 0 Å². The Morgan fingerprint density at radius 2 is 1.89 bits per heavy atom. The third kappa shape index (κ3) is 5.34. The molecule has 0 radical (unpaired) electrons. The first-order valence-electron chi connectivity index (χ1n) is 15.7. The molecule has 45 heavy (non-hydrogen) atoms. The largest absolute Gasteiger partial charge is 0.416 e. The Hall–Kier alpha value is -3.35. The van der Waals surface area contributed by atoms with Crippen LogP contribution < -0.4 is 4.90 Å². The van der Waals surface area contributed by atoms with Crippen LogP contribution in [-0.4, -0.2) is 76.4 Å². The van der Waals surface area contributed by atoms with Crippen LogP contribution in [-0.2, 0) is 29.4 Å². The van der Waals surface area contributed by atoms with Gasteiger partial charge in [0.05, 0.1) is 30.7 Å². The Balaban J connectivity index is 1.19. The fourth-order valence-electron chi connectivity index (χ4n) is 7.15. The summed E-state index contributed by atoms with van der Waals surface area (Å²) in [4.78, 5) is 19.7. The maximum Gasteiger partial charge on any atom is 0.416 e. The number of benzene rings is 2. The van der Waals surface area contributed by atoms with E-state index in [0.29, 0.717) is 29.3 Å². The molecule has 0 bridgehead atoms. The summed E-state index contributed by atoms with van der Waals surface area (Å²) in [7, 11) is 2.06. The lowest BCUT2D eigenvalue weighted by molar-refractivity contribution is -0.138. The van der Waals surface area contributed by atoms with Gasteiger partial charge < -0.3 is 19.1 Å². The number of aromatic nitrogens is 3. The van der Waals surface area contributed by atoms with E-state index in [1.54, 1.807) is 41.2 Å². The van der Waals surface area contributed by atoms with Crippen LogP contribution in [0, 0.1) is 5.92 Å². The van der Waals surface area contributed by atoms with E-state index in [4.69, 9.17) is 4.74 Å². The molecule has 1 amide bonds. The lowest BCUT2D eigenvalue weighted by atomic mass is 9.74. The van der Waals surface area contributed by atoms with Crippen molar-refractivity contribution >= 4 is 11.6 Å². The van der Waals surface area contributed by atoms with E-state index in [1.165, 1.54) is 11.0 Å². The lowest BCUT2D eigenvalue weighted by Crippen LogP contribution is -2.53. The number of alkyl halides is 4. The molecule has 4 heterocycles. The third-order valence-corrected chi connectivity index (χ3v) is 10.0. The van der Waals surface area contributed by atoms with Gasteiger partial charge in [-0.2, -0.15) is 13.2 Å². The van der Waals surface area contributed by atoms with E-state index in [1.807, 2.05) is 0 Å². The van der Waals surface area contributed by atoms with E-state index >= 15 is 4.39 Å². The number of amides is 1. The summed E-state index contributed by atoms with van der Waals surface area (Å²) in [6.45, 7) is 7.01. The van der Waals surface area contributed by atoms with Crippen molar-refractivity contribution in [2.24, 2.45) is 5.92 Å². The zero-order valence-corrected chi connectivity index (χ0v) is 25.7. The van der Waals surface area contributed by atoms with Crippen LogP contribution in [0.2, 0.25) is 0 Å². The van der Waals surface area contributed by atoms with Gasteiger partial charge in [-0.3, -0.25) is 9.69 Å². The van der Waals surface area contributed by atoms with Crippen molar-refractivity contribution in [1.29, 1.82) is 0 Å². The molecule has 2 saturated heterocycles. The number of piperazine rings is 1. The second-order valence-corrected chi connectivity index (χ2v) is 13.5. The van der Waals surface area contributed by atoms with Crippen LogP contribution >= 0.6 is 0 Å². The number of halogens is 4. The first-order valence-corrected chi connectivity index (χ1v) is 15.7. The Labute approximate surface area is 259 Å². The molecule has 1 aliphatic carbocycles. The zero-order valence-electron chi connectivity index (χ0n) is 25.7. The average Bonchev–Trinajstić information content (AvgIpc) is 3.61. The molecule has 0 spiro atoms. The summed E-state index contributed by atoms with van der Waals surface area (Å²) >= 11 is 0. The van der Waals surface area contributed by atoms with Crippen molar-refractivity contribution < 1.29 is 27.1 Å². The molecule has 3 fully saturated rings. The number of likely N-dealkylation sites (N-methyl/N-ethyl adjacent to an activating group) is 1. The third-order valence-electron chi connectivity index (χ3n) is 10.0. The predicted molar refractivity (Wildman–Crippen MR) is 160 cm³/mol. The number of carbonyl (C=O) groups is 1. The number of anilines is 1. The molecular weight excluding hydrogens is 588 g/mol. The fourth-order valence-corrected chi connectivity index (χ4v) is 7.15. The summed E-state index contributed by atoms with van der Waals surface area (Å²) in [5.74, 6) is 0.0859. The van der Waals surface area contributed by atoms with Crippen molar-refractivity contribution in [1.82, 2.24) is 24.6 Å². The fraction of sp³-hybridized carbons (Fsp3) is 0.545. The summed E-state index contributed by atoms with van der Waals surface area (Å²) in [6.07, 6.45) is -2.67. The normalized spacial score (nSPS) is 23.0. The predicted octanol–water partition coefficient (Wildman–Crippen LogP) is 5.54. The molecule has 1 saturated carbocycles. The number of rotatable bonds is 8. The van der Waals surface area contributed by atoms with Gasteiger partial charge in [0.2, 0.25) is 0 Å². The van der Waals surface area contributed by atoms with Crippen molar-refractivity contribution in [2.45, 2.75) is 69.6 Å². The SMILES string of the molecule is CC(C)[C@H]1CN(C)CCN1Cc1cc2c(c(C(F)(F)F)c1)CN(c1cccc(C3([C@H](F)c4nncn4C4CC4)COC3)c1)C2=O. The molecule has 2 aromatic carbocycles. The highest BCUT2D eigenvalue weighted by atomic mass is 19.4. The number of fused-ring (bicyclic) bond motifs is 1. The number of hydrogen-bond acceptors (Lipinski definition) is 6. The quantitative estimate of drug-likeness (QED) is 0.306. The summed E-state index contributed by atoms with van der Waals surface area (Å²) in [6, 6.07) is 10.1. The van der Waals surface area contributed by atoms with Gasteiger partial charge in [-0.25, -0.2) is 4.39 Å². The second kappa shape index (κ2) is 11.2. The Bertz CT molecular complexity index is 1600. The first kappa shape index (κ1) is 30.3. The Morgan fingerprint density at radius 3 is 2.56 bits per heavy atom. The lowest BCUT2D eigenvalue weighted by Gasteiger charge is -2.44. The smallest absolute Gasteiger partial charge is 0.379 e. The minimum atomic E-state index is -4.62. The van der Waals surface area contributed by atoms with Crippen LogP contribution in [0.5, 0.6) is 0 Å². The standard InChI is InChI=1S/C33H38F4N6O2/c1-20(2)28-16-40(3)9-10-41(28)14-21-11-25-26(27(12-21)33(35,36)37)15-42(31(25)44)24-6-4-5-22(13-24)32(17-45-18-32)29(34)30-39-38-19-43(30)23-7-8-23/h4-6,11-13,19-20,23,28-29H,7-10,14-18H2,1-3H3/t28-,29-/m1/s1. The van der Waals surface area contributed by atoms with Crippen molar-refractivity contribution in [3.05, 3.63) is 76.4 Å². The molecule has 3 aromatic rings. The highest BCUT2D eigenvalue weighted by Crippen LogP contribution is 2.48. The Kier molecular flexibility index (Phi) is 7.52. The highest BCUT2D eigenvalue weighted by molar-refractivity contribution is 6.10. The molecule has 8 nitrogen and oxygen atoms in total. The van der Waals surface area contributed by atoms with E-state index in [9.17, 15) is 18.0 Å². The molecule has 0 N–H and O–H groups in total. The van der Waals surface area contributed by atoms with Gasteiger partial charge in [-0.1, -0.05) is 26.0 Å². The molecule has 2 atom stereocenters. The van der Waals surface area contributed by atoms with E-state index in [2.05, 4.69) is 40.9 Å². The van der Waals surface area contributed by atoms with E-state index in [0.717, 1.165) is 32.5 Å². The molecule has 0 unspecified atom stereocenters. The van der Waals surface area contributed by atoms with Gasteiger partial charge in [-0.15, -0.1) is 10.2 Å². The van der Waals surface area contributed by atoms with Gasteiger partial charge in [-0.05, 0) is 66.8 Å². The number of carbonyl (C=O) groups excluding carboxylic acids is 1. The minimum absolute atomic E-state index is 0.0250. The number of nitrogens with zero attached hydrogens (tertiary/aromatic N) is 6. The average molecular weight is 627 g/mol. The summed E-state index contributed by atoms with van der Waals surface area (Å²) < 4.78 is 67.1. The minimum Gasteiger partial charge on any atom is -0.379 e. The highest BCUT2D eigenvalue weighted by Gasteiger charge is 2.51. The van der Waals surface area contributed by atoms with E-state index in [-0.39, 0.29) is 48.8 Å². The number of ether oxygens (including phenoxy) is 1. The van der Waals surface area contributed by atoms with Gasteiger partial charge in [0.1, 0.15) is 6.33 Å². The molecule has 12 heteroatoms. The van der Waals surface area contributed by atoms with Gasteiger partial charge in [0, 0.05) is 49.5 Å². The number of hydrogen-bond donors (Lipinski definition) is 0. The van der Waals surface area contributed by atoms with Gasteiger partial charge >= 0.3 is 6.18 Å². The van der Waals surface area contributed by atoms with Crippen LogP contribution in [0.1, 0.15) is 77.3 Å². The monoisotopic (exact) mass is 626 g/mol. The van der Waals surface area contributed by atoms with Crippen LogP contribution in [0.25, 0.3) is 0 Å².